The quantitative estimate of drug-likeness (QED) is 0.162. The average Bonchev–Trinajstić information content (AvgIpc) is 3.56. The molecular formula is C36H47NO8. The van der Waals surface area contributed by atoms with E-state index < -0.39 is 30.3 Å². The second-order valence-electron chi connectivity index (χ2n) is 13.6. The fraction of sp³-hybridized carbons (Fsp3) is 0.556. The lowest BCUT2D eigenvalue weighted by molar-refractivity contribution is -0.154. The Kier molecular flexibility index (Phi) is 9.34. The molecule has 0 spiro atoms. The molecule has 0 radical (unpaired) electrons. The lowest BCUT2D eigenvalue weighted by Gasteiger charge is -2.46. The summed E-state index contributed by atoms with van der Waals surface area (Å²) in [4.78, 5) is 3.04. The zero-order valence-corrected chi connectivity index (χ0v) is 26.2. The van der Waals surface area contributed by atoms with Gasteiger partial charge in [0.2, 0.25) is 5.75 Å². The first-order valence-electron chi connectivity index (χ1n) is 16.4. The minimum absolute atomic E-state index is 0.0506. The van der Waals surface area contributed by atoms with Crippen molar-refractivity contribution in [3.05, 3.63) is 70.0 Å². The molecular weight excluding hydrogens is 574 g/mol. The standard InChI is InChI=1S/C36H47NO8/c1-19-3-4-23(17-38)25(11-19)26-13-21(6-8-29(26)40)22-5-7-24-30(41)15-32(45-31(24)14-22)33-27(12-20-9-10-37-16-20)36(44-2)35(43)34(42)28(33)18-39/h6,8-10,13,16,19,22-25,30-32,37-43H,3-5,7,11-12,14-15,17-18H2,1-2H3/t19-,22+,23+,24+,25+,30-,31-,32-/m0/s1. The van der Waals surface area contributed by atoms with E-state index in [1.54, 1.807) is 12.3 Å². The third-order valence-electron chi connectivity index (χ3n) is 10.9. The van der Waals surface area contributed by atoms with Crippen molar-refractivity contribution in [1.29, 1.82) is 0 Å². The summed E-state index contributed by atoms with van der Waals surface area (Å²) in [5.41, 5.74) is 4.28. The molecule has 3 fully saturated rings. The van der Waals surface area contributed by atoms with E-state index in [4.69, 9.17) is 9.47 Å². The van der Waals surface area contributed by atoms with Crippen LogP contribution in [0.4, 0.5) is 0 Å². The van der Waals surface area contributed by atoms with E-state index >= 15 is 0 Å². The van der Waals surface area contributed by atoms with Crippen LogP contribution in [-0.2, 0) is 17.8 Å². The second kappa shape index (κ2) is 13.2. The van der Waals surface area contributed by atoms with Gasteiger partial charge in [0.15, 0.2) is 11.5 Å². The molecule has 244 valence electrons. The molecule has 45 heavy (non-hydrogen) atoms. The number of fused-ring (bicyclic) bond motifs is 1. The molecule has 3 aromatic rings. The molecule has 0 bridgehead atoms. The van der Waals surface area contributed by atoms with Crippen LogP contribution in [0.3, 0.4) is 0 Å². The predicted octanol–water partition coefficient (Wildman–Crippen LogP) is 5.51. The number of hydrogen-bond donors (Lipinski definition) is 7. The summed E-state index contributed by atoms with van der Waals surface area (Å²) < 4.78 is 12.4. The van der Waals surface area contributed by atoms with Crippen LogP contribution >= 0.6 is 0 Å². The molecule has 1 saturated heterocycles. The number of aliphatic hydroxyl groups excluding tert-OH is 3. The zero-order valence-electron chi connectivity index (χ0n) is 26.2. The summed E-state index contributed by atoms with van der Waals surface area (Å²) in [6.45, 7) is 1.83. The van der Waals surface area contributed by atoms with Crippen molar-refractivity contribution in [3.8, 4) is 23.0 Å². The molecule has 3 aliphatic rings. The number of H-pyrrole nitrogens is 1. The molecule has 2 saturated carbocycles. The summed E-state index contributed by atoms with van der Waals surface area (Å²) in [7, 11) is 1.43. The molecule has 9 heteroatoms. The van der Waals surface area contributed by atoms with Crippen molar-refractivity contribution < 1.29 is 40.1 Å². The Hall–Kier alpha value is -3.24. The Morgan fingerprint density at radius 3 is 2.49 bits per heavy atom. The van der Waals surface area contributed by atoms with Gasteiger partial charge in [0.05, 0.1) is 32.0 Å². The fourth-order valence-electron chi connectivity index (χ4n) is 8.51. The summed E-state index contributed by atoms with van der Waals surface area (Å²) in [5.74, 6) is 0.416. The number of phenols is 3. The summed E-state index contributed by atoms with van der Waals surface area (Å²) in [6.07, 6.45) is 8.06. The van der Waals surface area contributed by atoms with Crippen molar-refractivity contribution in [1.82, 2.24) is 4.98 Å². The van der Waals surface area contributed by atoms with E-state index in [-0.39, 0.29) is 59.9 Å². The molecule has 1 aliphatic heterocycles. The number of aromatic amines is 1. The Morgan fingerprint density at radius 1 is 0.956 bits per heavy atom. The van der Waals surface area contributed by atoms with Gasteiger partial charge >= 0.3 is 0 Å². The highest BCUT2D eigenvalue weighted by Crippen LogP contribution is 2.52. The molecule has 8 atom stereocenters. The topological polar surface area (TPSA) is 156 Å². The van der Waals surface area contributed by atoms with Gasteiger partial charge in [-0.3, -0.25) is 0 Å². The van der Waals surface area contributed by atoms with Gasteiger partial charge in [-0.25, -0.2) is 0 Å². The number of methoxy groups -OCH3 is 1. The first kappa shape index (κ1) is 31.7. The number of aliphatic hydroxyl groups is 3. The maximum absolute atomic E-state index is 11.4. The molecule has 9 nitrogen and oxygen atoms in total. The summed E-state index contributed by atoms with van der Waals surface area (Å²) in [6, 6.07) is 7.82. The minimum atomic E-state index is -0.646. The number of aromatic nitrogens is 1. The zero-order chi connectivity index (χ0) is 31.8. The maximum atomic E-state index is 11.4. The predicted molar refractivity (Wildman–Crippen MR) is 169 cm³/mol. The Bertz CT molecular complexity index is 1470. The smallest absolute Gasteiger partial charge is 0.201 e. The van der Waals surface area contributed by atoms with Crippen molar-refractivity contribution in [2.24, 2.45) is 17.8 Å². The third-order valence-corrected chi connectivity index (χ3v) is 10.9. The third kappa shape index (κ3) is 6.03. The van der Waals surface area contributed by atoms with Gasteiger partial charge in [-0.15, -0.1) is 0 Å². The minimum Gasteiger partial charge on any atom is -0.508 e. The van der Waals surface area contributed by atoms with E-state index in [1.165, 1.54) is 7.11 Å². The normalized spacial score (nSPS) is 30.2. The van der Waals surface area contributed by atoms with Crippen LogP contribution in [0.2, 0.25) is 0 Å². The van der Waals surface area contributed by atoms with Gasteiger partial charge in [0.25, 0.3) is 0 Å². The lowest BCUT2D eigenvalue weighted by atomic mass is 9.69. The van der Waals surface area contributed by atoms with Crippen LogP contribution in [0.5, 0.6) is 23.0 Å². The van der Waals surface area contributed by atoms with Crippen molar-refractivity contribution >= 4 is 0 Å². The summed E-state index contributed by atoms with van der Waals surface area (Å²) in [5, 5.41) is 64.6. The highest BCUT2D eigenvalue weighted by molar-refractivity contribution is 5.64. The van der Waals surface area contributed by atoms with Crippen LogP contribution in [0.1, 0.15) is 103 Å². The van der Waals surface area contributed by atoms with Gasteiger partial charge < -0.3 is 45.1 Å². The largest absolute Gasteiger partial charge is 0.508 e. The van der Waals surface area contributed by atoms with Crippen molar-refractivity contribution in [2.75, 3.05) is 13.7 Å². The van der Waals surface area contributed by atoms with Crippen LogP contribution in [0, 0.1) is 17.8 Å². The maximum Gasteiger partial charge on any atom is 0.201 e. The van der Waals surface area contributed by atoms with Gasteiger partial charge in [-0.2, -0.15) is 0 Å². The monoisotopic (exact) mass is 621 g/mol. The van der Waals surface area contributed by atoms with Gasteiger partial charge in [0.1, 0.15) is 5.75 Å². The van der Waals surface area contributed by atoms with Gasteiger partial charge in [-0.05, 0) is 90.2 Å². The van der Waals surface area contributed by atoms with E-state index in [1.807, 2.05) is 18.3 Å². The number of aromatic hydroxyl groups is 3. The Labute approximate surface area is 264 Å². The average molecular weight is 622 g/mol. The highest BCUT2D eigenvalue weighted by Gasteiger charge is 2.44. The van der Waals surface area contributed by atoms with E-state index in [0.717, 1.165) is 48.8 Å². The van der Waals surface area contributed by atoms with Crippen LogP contribution in [-0.4, -0.2) is 61.5 Å². The first-order chi connectivity index (χ1) is 21.7. The van der Waals surface area contributed by atoms with E-state index in [2.05, 4.69) is 18.0 Å². The molecule has 0 amide bonds. The summed E-state index contributed by atoms with van der Waals surface area (Å²) >= 11 is 0. The van der Waals surface area contributed by atoms with Crippen molar-refractivity contribution in [3.63, 3.8) is 0 Å². The second-order valence-corrected chi connectivity index (χ2v) is 13.6. The highest BCUT2D eigenvalue weighted by atomic mass is 16.5. The molecule has 2 aliphatic carbocycles. The molecule has 7 N–H and O–H groups in total. The van der Waals surface area contributed by atoms with Crippen LogP contribution in [0.25, 0.3) is 0 Å². The number of rotatable bonds is 8. The van der Waals surface area contributed by atoms with Crippen LogP contribution < -0.4 is 4.74 Å². The fourth-order valence-corrected chi connectivity index (χ4v) is 8.51. The lowest BCUT2D eigenvalue weighted by Crippen LogP contribution is -2.44. The number of ether oxygens (including phenoxy) is 2. The number of nitrogens with one attached hydrogen (secondary N) is 1. The SMILES string of the molecule is COc1c(O)c(O)c(CO)c([C@@H]2C[C@H](O)[C@H]3CC[C@@H](c4ccc(O)c([C@@H]5C[C@@H](C)CC[C@@H]5CO)c4)C[C@@H]3O2)c1Cc1cc[nH]c1. The van der Waals surface area contributed by atoms with Crippen molar-refractivity contribution in [2.45, 2.75) is 95.0 Å². The van der Waals surface area contributed by atoms with E-state index in [0.29, 0.717) is 29.9 Å². The molecule has 2 heterocycles. The Morgan fingerprint density at radius 2 is 1.78 bits per heavy atom. The van der Waals surface area contributed by atoms with Gasteiger partial charge in [0, 0.05) is 48.9 Å². The Balaban J connectivity index is 1.31. The molecule has 2 aromatic carbocycles. The van der Waals surface area contributed by atoms with Crippen LogP contribution in [0.15, 0.2) is 36.7 Å². The van der Waals surface area contributed by atoms with Gasteiger partial charge in [-0.1, -0.05) is 25.5 Å². The number of phenolic OH excluding ortho intramolecular Hbond substituents is 2. The molecule has 6 rings (SSSR count). The molecule has 0 unspecified atom stereocenters. The molecule has 1 aromatic heterocycles. The number of benzene rings is 2. The van der Waals surface area contributed by atoms with E-state index in [9.17, 15) is 30.6 Å². The number of hydrogen-bond acceptors (Lipinski definition) is 8. The first-order valence-corrected chi connectivity index (χ1v) is 16.4.